The van der Waals surface area contributed by atoms with Crippen LogP contribution in [0.1, 0.15) is 22.9 Å². The molecule has 6 nitrogen and oxygen atoms in total. The highest BCUT2D eigenvalue weighted by Crippen LogP contribution is 2.20. The lowest BCUT2D eigenvalue weighted by molar-refractivity contribution is 0.634. The summed E-state index contributed by atoms with van der Waals surface area (Å²) in [4.78, 5) is 8.55. The summed E-state index contributed by atoms with van der Waals surface area (Å²) in [6.45, 7) is 1.36. The summed E-state index contributed by atoms with van der Waals surface area (Å²) in [6, 6.07) is 21.2. The minimum absolute atomic E-state index is 0.349. The van der Waals surface area contributed by atoms with E-state index in [9.17, 15) is 0 Å². The predicted molar refractivity (Wildman–Crippen MR) is 109 cm³/mol. The van der Waals surface area contributed by atoms with Gasteiger partial charge in [0.15, 0.2) is 5.96 Å². The second-order valence-electron chi connectivity index (χ2n) is 6.40. The Morgan fingerprint density at radius 2 is 1.74 bits per heavy atom. The van der Waals surface area contributed by atoms with Gasteiger partial charge in [0.25, 0.3) is 0 Å². The molecule has 3 aromatic rings. The van der Waals surface area contributed by atoms with E-state index in [1.54, 1.807) is 18.1 Å². The van der Waals surface area contributed by atoms with E-state index in [0.29, 0.717) is 12.5 Å². The maximum atomic E-state index is 4.33. The third kappa shape index (κ3) is 5.41. The molecule has 1 aromatic heterocycles. The molecular weight excluding hydrogens is 336 g/mol. The van der Waals surface area contributed by atoms with Gasteiger partial charge >= 0.3 is 0 Å². The third-order valence-electron chi connectivity index (χ3n) is 4.55. The van der Waals surface area contributed by atoms with E-state index in [2.05, 4.69) is 86.4 Å². The first-order chi connectivity index (χ1) is 13.3. The molecule has 6 heteroatoms. The van der Waals surface area contributed by atoms with Gasteiger partial charge in [-0.2, -0.15) is 5.10 Å². The Morgan fingerprint density at radius 1 is 1.04 bits per heavy atom. The van der Waals surface area contributed by atoms with Crippen molar-refractivity contribution in [2.45, 2.75) is 18.9 Å². The number of hydrogen-bond donors (Lipinski definition) is 2. The van der Waals surface area contributed by atoms with Crippen LogP contribution in [-0.4, -0.2) is 34.3 Å². The zero-order valence-electron chi connectivity index (χ0n) is 15.8. The first kappa shape index (κ1) is 18.6. The van der Waals surface area contributed by atoms with Gasteiger partial charge in [0.2, 0.25) is 0 Å². The molecule has 2 N–H and O–H groups in total. The Morgan fingerprint density at radius 3 is 2.37 bits per heavy atom. The standard InChI is InChI=1S/C21H26N6/c1-22-21(24-15-20-25-16-26-27(20)2)23-14-19(18-11-7-4-8-12-18)13-17-9-5-3-6-10-17/h3-12,16,19H,13-15H2,1-2H3,(H2,22,23,24). The van der Waals surface area contributed by atoms with Crippen LogP contribution in [0.5, 0.6) is 0 Å². The number of aliphatic imine (C=N–C) groups is 1. The molecule has 0 saturated heterocycles. The molecule has 1 heterocycles. The maximum absolute atomic E-state index is 4.33. The van der Waals surface area contributed by atoms with Gasteiger partial charge in [-0.15, -0.1) is 0 Å². The van der Waals surface area contributed by atoms with Crippen molar-refractivity contribution in [3.8, 4) is 0 Å². The van der Waals surface area contributed by atoms with Crippen LogP contribution in [-0.2, 0) is 20.0 Å². The third-order valence-corrected chi connectivity index (χ3v) is 4.55. The van der Waals surface area contributed by atoms with Gasteiger partial charge < -0.3 is 10.6 Å². The van der Waals surface area contributed by atoms with Crippen molar-refractivity contribution in [2.24, 2.45) is 12.0 Å². The fourth-order valence-electron chi connectivity index (χ4n) is 3.02. The summed E-state index contributed by atoms with van der Waals surface area (Å²) in [5.74, 6) is 1.97. The zero-order valence-corrected chi connectivity index (χ0v) is 15.8. The molecule has 0 aliphatic rings. The van der Waals surface area contributed by atoms with Gasteiger partial charge in [-0.05, 0) is 17.5 Å². The summed E-state index contributed by atoms with van der Waals surface area (Å²) in [7, 11) is 3.66. The van der Waals surface area contributed by atoms with Gasteiger partial charge in [0, 0.05) is 26.6 Å². The van der Waals surface area contributed by atoms with Crippen molar-refractivity contribution in [3.05, 3.63) is 83.9 Å². The van der Waals surface area contributed by atoms with Crippen LogP contribution in [0.3, 0.4) is 0 Å². The molecule has 0 fully saturated rings. The van der Waals surface area contributed by atoms with Crippen molar-refractivity contribution in [3.63, 3.8) is 0 Å². The molecule has 27 heavy (non-hydrogen) atoms. The minimum atomic E-state index is 0.349. The average Bonchev–Trinajstić information content (AvgIpc) is 3.13. The topological polar surface area (TPSA) is 67.1 Å². The summed E-state index contributed by atoms with van der Waals surface area (Å²) in [5, 5.41) is 10.8. The van der Waals surface area contributed by atoms with E-state index in [4.69, 9.17) is 0 Å². The zero-order chi connectivity index (χ0) is 18.9. The normalized spacial score (nSPS) is 12.6. The van der Waals surface area contributed by atoms with Crippen LogP contribution < -0.4 is 10.6 Å². The molecule has 2 aromatic carbocycles. The lowest BCUT2D eigenvalue weighted by atomic mass is 9.92. The largest absolute Gasteiger partial charge is 0.356 e. The van der Waals surface area contributed by atoms with Crippen molar-refractivity contribution in [2.75, 3.05) is 13.6 Å². The molecule has 140 valence electrons. The van der Waals surface area contributed by atoms with E-state index >= 15 is 0 Å². The van der Waals surface area contributed by atoms with E-state index in [-0.39, 0.29) is 0 Å². The Hall–Kier alpha value is -3.15. The Labute approximate surface area is 160 Å². The summed E-state index contributed by atoms with van der Waals surface area (Å²) in [6.07, 6.45) is 2.52. The SMILES string of the molecule is CN=C(NCc1ncnn1C)NCC(Cc1ccccc1)c1ccccc1. The van der Waals surface area contributed by atoms with Gasteiger partial charge in [0.05, 0.1) is 6.54 Å². The quantitative estimate of drug-likeness (QED) is 0.501. The molecule has 0 aliphatic heterocycles. The highest BCUT2D eigenvalue weighted by Gasteiger charge is 2.13. The lowest BCUT2D eigenvalue weighted by Gasteiger charge is -2.20. The molecule has 3 rings (SSSR count). The van der Waals surface area contributed by atoms with Crippen molar-refractivity contribution >= 4 is 5.96 Å². The van der Waals surface area contributed by atoms with Crippen LogP contribution in [0.25, 0.3) is 0 Å². The van der Waals surface area contributed by atoms with Gasteiger partial charge in [0.1, 0.15) is 12.2 Å². The molecule has 0 aliphatic carbocycles. The lowest BCUT2D eigenvalue weighted by Crippen LogP contribution is -2.39. The van der Waals surface area contributed by atoms with Gasteiger partial charge in [-0.3, -0.25) is 9.67 Å². The Kier molecular flexibility index (Phi) is 6.57. The second-order valence-corrected chi connectivity index (χ2v) is 6.40. The maximum Gasteiger partial charge on any atom is 0.191 e. The summed E-state index contributed by atoms with van der Waals surface area (Å²) < 4.78 is 1.75. The average molecular weight is 362 g/mol. The minimum Gasteiger partial charge on any atom is -0.356 e. The molecule has 1 atom stereocenters. The fraction of sp³-hybridized carbons (Fsp3) is 0.286. The predicted octanol–water partition coefficient (Wildman–Crippen LogP) is 2.51. The molecule has 0 amide bonds. The van der Waals surface area contributed by atoms with Crippen LogP contribution in [0, 0.1) is 0 Å². The summed E-state index contributed by atoms with van der Waals surface area (Å²) >= 11 is 0. The van der Waals surface area contributed by atoms with Crippen molar-refractivity contribution in [1.82, 2.24) is 25.4 Å². The van der Waals surface area contributed by atoms with Crippen molar-refractivity contribution < 1.29 is 0 Å². The number of rotatable bonds is 7. The molecule has 0 radical (unpaired) electrons. The molecule has 0 bridgehead atoms. The smallest absolute Gasteiger partial charge is 0.191 e. The molecule has 1 unspecified atom stereocenters. The highest BCUT2D eigenvalue weighted by atomic mass is 15.3. The second kappa shape index (κ2) is 9.52. The number of aromatic nitrogens is 3. The molecule has 0 saturated carbocycles. The number of benzene rings is 2. The first-order valence-electron chi connectivity index (χ1n) is 9.12. The van der Waals surface area contributed by atoms with E-state index in [0.717, 1.165) is 24.7 Å². The summed E-state index contributed by atoms with van der Waals surface area (Å²) in [5.41, 5.74) is 2.65. The number of guanidine groups is 1. The van der Waals surface area contributed by atoms with Crippen LogP contribution in [0.4, 0.5) is 0 Å². The first-order valence-corrected chi connectivity index (χ1v) is 9.12. The van der Waals surface area contributed by atoms with E-state index < -0.39 is 0 Å². The monoisotopic (exact) mass is 362 g/mol. The fourth-order valence-corrected chi connectivity index (χ4v) is 3.02. The highest BCUT2D eigenvalue weighted by molar-refractivity contribution is 5.79. The van der Waals surface area contributed by atoms with Crippen LogP contribution >= 0.6 is 0 Å². The molecular formula is C21H26N6. The molecule has 0 spiro atoms. The van der Waals surface area contributed by atoms with Crippen LogP contribution in [0.2, 0.25) is 0 Å². The van der Waals surface area contributed by atoms with E-state index in [1.165, 1.54) is 11.1 Å². The number of hydrogen-bond acceptors (Lipinski definition) is 3. The number of nitrogens with zero attached hydrogens (tertiary/aromatic N) is 4. The van der Waals surface area contributed by atoms with Crippen molar-refractivity contribution in [1.29, 1.82) is 0 Å². The van der Waals surface area contributed by atoms with E-state index in [1.807, 2.05) is 7.05 Å². The number of nitrogens with one attached hydrogen (secondary N) is 2. The Bertz CT molecular complexity index is 841. The number of aryl methyl sites for hydroxylation is 1. The van der Waals surface area contributed by atoms with Gasteiger partial charge in [-0.1, -0.05) is 60.7 Å². The Balaban J connectivity index is 1.63. The van der Waals surface area contributed by atoms with Gasteiger partial charge in [-0.25, -0.2) is 4.98 Å². The van der Waals surface area contributed by atoms with Crippen LogP contribution in [0.15, 0.2) is 72.0 Å².